The maximum atomic E-state index is 7.39. The third-order valence-corrected chi connectivity index (χ3v) is 3.84. The lowest BCUT2D eigenvalue weighted by Gasteiger charge is -2.10. The molecule has 2 aromatic carbocycles. The topological polar surface area (TPSA) is 114 Å². The second-order valence-corrected chi connectivity index (χ2v) is 5.79. The number of aromatic nitrogens is 2. The van der Waals surface area contributed by atoms with E-state index in [0.29, 0.717) is 22.9 Å². The zero-order chi connectivity index (χ0) is 17.8. The van der Waals surface area contributed by atoms with Gasteiger partial charge in [-0.25, -0.2) is 9.97 Å². The first kappa shape index (κ1) is 16.6. The SMILES string of the molecule is CC(N)c1cccc(-c2nccc(Nc3ccc(N)c(C=N)c3)n2)c1. The fourth-order valence-electron chi connectivity index (χ4n) is 2.45. The molecular formula is C19H20N6. The minimum atomic E-state index is -0.0458. The molecule has 0 saturated heterocycles. The van der Waals surface area contributed by atoms with Crippen LogP contribution in [-0.4, -0.2) is 16.2 Å². The Balaban J connectivity index is 1.89. The maximum absolute atomic E-state index is 7.39. The van der Waals surface area contributed by atoms with Gasteiger partial charge >= 0.3 is 0 Å². The molecule has 0 amide bonds. The van der Waals surface area contributed by atoms with Crippen molar-refractivity contribution in [2.45, 2.75) is 13.0 Å². The van der Waals surface area contributed by atoms with Crippen molar-refractivity contribution < 1.29 is 0 Å². The molecule has 0 bridgehead atoms. The van der Waals surface area contributed by atoms with E-state index in [2.05, 4.69) is 15.3 Å². The lowest BCUT2D eigenvalue weighted by atomic mass is 10.1. The van der Waals surface area contributed by atoms with Gasteiger partial charge in [0.25, 0.3) is 0 Å². The second kappa shape index (κ2) is 7.11. The van der Waals surface area contributed by atoms with E-state index < -0.39 is 0 Å². The quantitative estimate of drug-likeness (QED) is 0.422. The number of nitrogens with two attached hydrogens (primary N) is 2. The van der Waals surface area contributed by atoms with Crippen LogP contribution in [0.3, 0.4) is 0 Å². The third kappa shape index (κ3) is 3.81. The fraction of sp³-hybridized carbons (Fsp3) is 0.105. The Hall–Kier alpha value is -3.25. The van der Waals surface area contributed by atoms with Crippen LogP contribution >= 0.6 is 0 Å². The van der Waals surface area contributed by atoms with E-state index >= 15 is 0 Å². The summed E-state index contributed by atoms with van der Waals surface area (Å²) >= 11 is 0. The third-order valence-electron chi connectivity index (χ3n) is 3.84. The highest BCUT2D eigenvalue weighted by atomic mass is 15.0. The Morgan fingerprint density at radius 1 is 1.16 bits per heavy atom. The van der Waals surface area contributed by atoms with Gasteiger partial charge in [0.1, 0.15) is 5.82 Å². The normalized spacial score (nSPS) is 11.8. The second-order valence-electron chi connectivity index (χ2n) is 5.79. The molecular weight excluding hydrogens is 312 g/mol. The summed E-state index contributed by atoms with van der Waals surface area (Å²) in [5.74, 6) is 1.28. The molecule has 1 atom stereocenters. The van der Waals surface area contributed by atoms with Crippen LogP contribution in [0.1, 0.15) is 24.1 Å². The van der Waals surface area contributed by atoms with Gasteiger partial charge in [-0.3, -0.25) is 0 Å². The van der Waals surface area contributed by atoms with Crippen molar-refractivity contribution in [2.24, 2.45) is 5.73 Å². The standard InChI is InChI=1S/C19H20N6/c1-12(21)13-3-2-4-14(9-13)19-23-8-7-18(25-19)24-16-5-6-17(22)15(10-16)11-20/h2-12,20H,21-22H2,1H3,(H,23,24,25). The van der Waals surface area contributed by atoms with Crippen LogP contribution in [0.4, 0.5) is 17.2 Å². The molecule has 0 radical (unpaired) electrons. The monoisotopic (exact) mass is 332 g/mol. The van der Waals surface area contributed by atoms with Crippen LogP contribution in [-0.2, 0) is 0 Å². The number of benzene rings is 2. The van der Waals surface area contributed by atoms with Crippen LogP contribution < -0.4 is 16.8 Å². The van der Waals surface area contributed by atoms with E-state index in [1.807, 2.05) is 37.3 Å². The lowest BCUT2D eigenvalue weighted by Crippen LogP contribution is -2.05. The molecule has 1 aromatic heterocycles. The average Bonchev–Trinajstić information content (AvgIpc) is 2.63. The molecule has 0 saturated carbocycles. The van der Waals surface area contributed by atoms with Gasteiger partial charge in [-0.05, 0) is 42.8 Å². The first-order chi connectivity index (χ1) is 12.1. The highest BCUT2D eigenvalue weighted by Gasteiger charge is 2.07. The number of nitrogens with zero attached hydrogens (tertiary/aromatic N) is 2. The Morgan fingerprint density at radius 2 is 2.00 bits per heavy atom. The lowest BCUT2D eigenvalue weighted by molar-refractivity contribution is 0.818. The van der Waals surface area contributed by atoms with Gasteiger partial charge in [-0.15, -0.1) is 0 Å². The van der Waals surface area contributed by atoms with Gasteiger partial charge in [0.15, 0.2) is 5.82 Å². The van der Waals surface area contributed by atoms with Gasteiger partial charge in [0, 0.05) is 41.0 Å². The number of nitrogen functional groups attached to an aromatic ring is 1. The van der Waals surface area contributed by atoms with Crippen LogP contribution in [0, 0.1) is 5.41 Å². The van der Waals surface area contributed by atoms with Crippen molar-refractivity contribution in [1.29, 1.82) is 5.41 Å². The van der Waals surface area contributed by atoms with Crippen molar-refractivity contribution in [3.63, 3.8) is 0 Å². The fourth-order valence-corrected chi connectivity index (χ4v) is 2.45. The summed E-state index contributed by atoms with van der Waals surface area (Å²) in [7, 11) is 0. The molecule has 0 aliphatic carbocycles. The van der Waals surface area contributed by atoms with E-state index in [1.165, 1.54) is 6.21 Å². The first-order valence-corrected chi connectivity index (χ1v) is 7.93. The number of nitrogens with one attached hydrogen (secondary N) is 2. The average molecular weight is 332 g/mol. The predicted molar refractivity (Wildman–Crippen MR) is 102 cm³/mol. The van der Waals surface area contributed by atoms with Crippen molar-refractivity contribution in [2.75, 3.05) is 11.1 Å². The molecule has 1 unspecified atom stereocenters. The molecule has 3 rings (SSSR count). The molecule has 0 spiro atoms. The van der Waals surface area contributed by atoms with E-state index in [9.17, 15) is 0 Å². The van der Waals surface area contributed by atoms with Crippen LogP contribution in [0.2, 0.25) is 0 Å². The van der Waals surface area contributed by atoms with Gasteiger partial charge in [-0.2, -0.15) is 0 Å². The summed E-state index contributed by atoms with van der Waals surface area (Å²) in [5, 5.41) is 10.6. The number of rotatable bonds is 5. The van der Waals surface area contributed by atoms with Crippen molar-refractivity contribution in [1.82, 2.24) is 9.97 Å². The van der Waals surface area contributed by atoms with Crippen LogP contribution in [0.15, 0.2) is 54.7 Å². The Bertz CT molecular complexity index is 904. The minimum absolute atomic E-state index is 0.0458. The van der Waals surface area contributed by atoms with Crippen molar-refractivity contribution in [3.05, 3.63) is 65.9 Å². The van der Waals surface area contributed by atoms with Gasteiger partial charge < -0.3 is 22.2 Å². The highest BCUT2D eigenvalue weighted by Crippen LogP contribution is 2.23. The Kier molecular flexibility index (Phi) is 4.72. The van der Waals surface area contributed by atoms with Crippen LogP contribution in [0.5, 0.6) is 0 Å². The highest BCUT2D eigenvalue weighted by molar-refractivity contribution is 5.87. The number of hydrogen-bond acceptors (Lipinski definition) is 6. The van der Waals surface area contributed by atoms with E-state index in [1.54, 1.807) is 24.4 Å². The molecule has 0 aliphatic rings. The first-order valence-electron chi connectivity index (χ1n) is 7.93. The van der Waals surface area contributed by atoms with E-state index in [-0.39, 0.29) is 6.04 Å². The molecule has 0 aliphatic heterocycles. The summed E-state index contributed by atoms with van der Waals surface area (Å²) in [6.07, 6.45) is 2.93. The maximum Gasteiger partial charge on any atom is 0.161 e. The molecule has 6 N–H and O–H groups in total. The molecule has 6 nitrogen and oxygen atoms in total. The summed E-state index contributed by atoms with van der Waals surface area (Å²) in [6, 6.07) is 15.1. The summed E-state index contributed by atoms with van der Waals surface area (Å²) in [6.45, 7) is 1.94. The zero-order valence-electron chi connectivity index (χ0n) is 13.9. The summed E-state index contributed by atoms with van der Waals surface area (Å²) in [4.78, 5) is 8.92. The van der Waals surface area contributed by atoms with Gasteiger partial charge in [0.05, 0.1) is 0 Å². The van der Waals surface area contributed by atoms with Crippen LogP contribution in [0.25, 0.3) is 11.4 Å². The summed E-state index contributed by atoms with van der Waals surface area (Å²) < 4.78 is 0. The van der Waals surface area contributed by atoms with Gasteiger partial charge in [-0.1, -0.05) is 18.2 Å². The molecule has 1 heterocycles. The van der Waals surface area contributed by atoms with Crippen molar-refractivity contribution in [3.8, 4) is 11.4 Å². The number of hydrogen-bond donors (Lipinski definition) is 4. The molecule has 25 heavy (non-hydrogen) atoms. The molecule has 0 fully saturated rings. The smallest absolute Gasteiger partial charge is 0.161 e. The Morgan fingerprint density at radius 3 is 2.76 bits per heavy atom. The summed E-state index contributed by atoms with van der Waals surface area (Å²) in [5.41, 5.74) is 15.7. The predicted octanol–water partition coefficient (Wildman–Crippen LogP) is 3.49. The molecule has 3 aromatic rings. The van der Waals surface area contributed by atoms with E-state index in [4.69, 9.17) is 16.9 Å². The van der Waals surface area contributed by atoms with Crippen molar-refractivity contribution >= 4 is 23.4 Å². The molecule has 6 heteroatoms. The largest absolute Gasteiger partial charge is 0.398 e. The van der Waals surface area contributed by atoms with E-state index in [0.717, 1.165) is 16.8 Å². The molecule has 126 valence electrons. The zero-order valence-corrected chi connectivity index (χ0v) is 13.9. The number of anilines is 3. The Labute approximate surface area is 146 Å². The van der Waals surface area contributed by atoms with Gasteiger partial charge in [0.2, 0.25) is 0 Å². The minimum Gasteiger partial charge on any atom is -0.398 e.